The fourth-order valence-corrected chi connectivity index (χ4v) is 4.95. The molecule has 0 aliphatic carbocycles. The number of rotatable bonds is 8. The molecule has 0 bridgehead atoms. The summed E-state index contributed by atoms with van der Waals surface area (Å²) in [5, 5.41) is 12.7. The highest BCUT2D eigenvalue weighted by Gasteiger charge is 2.18. The first-order valence-corrected chi connectivity index (χ1v) is 10.7. The van der Waals surface area contributed by atoms with E-state index in [0.717, 1.165) is 32.7 Å². The van der Waals surface area contributed by atoms with Gasteiger partial charge in [-0.1, -0.05) is 41.7 Å². The van der Waals surface area contributed by atoms with Crippen molar-refractivity contribution in [1.29, 1.82) is 0 Å². The Morgan fingerprint density at radius 2 is 2.20 bits per heavy atom. The molecule has 1 fully saturated rings. The molecule has 136 valence electrons. The number of hydrogen-bond acceptors (Lipinski definition) is 7. The van der Waals surface area contributed by atoms with Crippen LogP contribution in [0.5, 0.6) is 5.75 Å². The molecular weight excluding hydrogens is 352 g/mol. The van der Waals surface area contributed by atoms with Crippen molar-refractivity contribution in [2.45, 2.75) is 43.0 Å². The number of piperidine rings is 1. The number of para-hydroxylation sites is 2. The van der Waals surface area contributed by atoms with E-state index in [-0.39, 0.29) is 0 Å². The average Bonchev–Trinajstić information content (AvgIpc) is 3.06. The molecule has 0 spiro atoms. The van der Waals surface area contributed by atoms with Crippen LogP contribution >= 0.6 is 23.1 Å². The molecule has 0 radical (unpaired) electrons. The lowest BCUT2D eigenvalue weighted by Crippen LogP contribution is -2.36. The molecule has 0 saturated carbocycles. The molecule has 3 rings (SSSR count). The summed E-state index contributed by atoms with van der Waals surface area (Å²) >= 11 is 3.41. The normalized spacial score (nSPS) is 18.2. The third kappa shape index (κ3) is 5.33. The van der Waals surface area contributed by atoms with E-state index in [9.17, 15) is 0 Å². The van der Waals surface area contributed by atoms with Gasteiger partial charge in [0.1, 0.15) is 5.75 Å². The topological polar surface area (TPSA) is 50.3 Å². The number of likely N-dealkylation sites (tertiary alicyclic amines) is 1. The average molecular weight is 379 g/mol. The number of benzene rings is 1. The van der Waals surface area contributed by atoms with Crippen LogP contribution in [0.25, 0.3) is 0 Å². The van der Waals surface area contributed by atoms with Crippen molar-refractivity contribution < 1.29 is 4.74 Å². The van der Waals surface area contributed by atoms with Gasteiger partial charge in [-0.25, -0.2) is 0 Å². The third-order valence-corrected chi connectivity index (χ3v) is 6.44. The Hall–Kier alpha value is -1.31. The fourth-order valence-electron chi connectivity index (χ4n) is 3.08. The van der Waals surface area contributed by atoms with Gasteiger partial charge in [0.05, 0.1) is 12.3 Å². The third-order valence-electron chi connectivity index (χ3n) is 4.43. The van der Waals surface area contributed by atoms with E-state index in [4.69, 9.17) is 4.74 Å². The summed E-state index contributed by atoms with van der Waals surface area (Å²) in [5.41, 5.74) is 0.931. The van der Waals surface area contributed by atoms with Crippen molar-refractivity contribution in [3.05, 3.63) is 24.3 Å². The van der Waals surface area contributed by atoms with Crippen LogP contribution in [0, 0.1) is 0 Å². The lowest BCUT2D eigenvalue weighted by Gasteiger charge is -2.32. The van der Waals surface area contributed by atoms with Gasteiger partial charge >= 0.3 is 0 Å². The summed E-state index contributed by atoms with van der Waals surface area (Å²) in [7, 11) is 2.25. The first-order chi connectivity index (χ1) is 12.3. The first-order valence-electron chi connectivity index (χ1n) is 8.91. The Balaban J connectivity index is 1.51. The maximum absolute atomic E-state index is 5.64. The van der Waals surface area contributed by atoms with Gasteiger partial charge in [-0.3, -0.25) is 0 Å². The maximum Gasteiger partial charge on any atom is 0.210 e. The van der Waals surface area contributed by atoms with E-state index in [2.05, 4.69) is 27.5 Å². The molecule has 1 saturated heterocycles. The van der Waals surface area contributed by atoms with Gasteiger partial charge in [0.2, 0.25) is 5.13 Å². The summed E-state index contributed by atoms with van der Waals surface area (Å²) in [4.78, 5) is 2.50. The molecule has 1 aromatic heterocycles. The summed E-state index contributed by atoms with van der Waals surface area (Å²) in [6.45, 7) is 3.87. The zero-order chi connectivity index (χ0) is 17.5. The minimum Gasteiger partial charge on any atom is -0.492 e. The van der Waals surface area contributed by atoms with Crippen molar-refractivity contribution in [2.75, 3.05) is 31.3 Å². The van der Waals surface area contributed by atoms with Crippen LogP contribution in [0.1, 0.15) is 32.6 Å². The number of thioether (sulfide) groups is 1. The number of ether oxygens (including phenoxy) is 1. The van der Waals surface area contributed by atoms with Gasteiger partial charge in [-0.05, 0) is 51.9 Å². The predicted octanol–water partition coefficient (Wildman–Crippen LogP) is 4.65. The molecule has 25 heavy (non-hydrogen) atoms. The quantitative estimate of drug-likeness (QED) is 0.675. The predicted molar refractivity (Wildman–Crippen MR) is 106 cm³/mol. The smallest absolute Gasteiger partial charge is 0.210 e. The Labute approximate surface area is 158 Å². The Kier molecular flexibility index (Phi) is 6.95. The van der Waals surface area contributed by atoms with Gasteiger partial charge < -0.3 is 15.0 Å². The summed E-state index contributed by atoms with van der Waals surface area (Å²) in [5.74, 6) is 1.94. The SMILES string of the molecule is CCOc1ccccc1Nc1nnc(SCC[C@H]2CCCCN2C)s1. The summed E-state index contributed by atoms with van der Waals surface area (Å²) in [6, 6.07) is 8.65. The second kappa shape index (κ2) is 9.40. The monoisotopic (exact) mass is 378 g/mol. The van der Waals surface area contributed by atoms with Gasteiger partial charge in [0.25, 0.3) is 0 Å². The van der Waals surface area contributed by atoms with Crippen molar-refractivity contribution >= 4 is 33.9 Å². The van der Waals surface area contributed by atoms with Crippen LogP contribution in [-0.4, -0.2) is 47.1 Å². The number of aromatic nitrogens is 2. The Bertz CT molecular complexity index is 664. The molecule has 1 N–H and O–H groups in total. The van der Waals surface area contributed by atoms with Gasteiger partial charge in [-0.15, -0.1) is 10.2 Å². The van der Waals surface area contributed by atoms with Gasteiger partial charge in [0.15, 0.2) is 4.34 Å². The van der Waals surface area contributed by atoms with Crippen LogP contribution in [0.3, 0.4) is 0 Å². The maximum atomic E-state index is 5.64. The van der Waals surface area contributed by atoms with Crippen LogP contribution in [0.4, 0.5) is 10.8 Å². The molecule has 2 aromatic rings. The van der Waals surface area contributed by atoms with E-state index in [0.29, 0.717) is 6.61 Å². The van der Waals surface area contributed by atoms with Crippen molar-refractivity contribution in [3.8, 4) is 5.75 Å². The van der Waals surface area contributed by atoms with Crippen LogP contribution in [-0.2, 0) is 0 Å². The summed E-state index contributed by atoms with van der Waals surface area (Å²) in [6.07, 6.45) is 5.26. The highest BCUT2D eigenvalue weighted by atomic mass is 32.2. The zero-order valence-corrected chi connectivity index (χ0v) is 16.5. The number of nitrogens with one attached hydrogen (secondary N) is 1. The van der Waals surface area contributed by atoms with Crippen LogP contribution in [0.15, 0.2) is 28.6 Å². The molecule has 1 aromatic carbocycles. The number of nitrogens with zero attached hydrogens (tertiary/aromatic N) is 3. The minimum atomic E-state index is 0.644. The van der Waals surface area contributed by atoms with E-state index < -0.39 is 0 Å². The van der Waals surface area contributed by atoms with Crippen LogP contribution in [0.2, 0.25) is 0 Å². The van der Waals surface area contributed by atoms with Crippen LogP contribution < -0.4 is 10.1 Å². The molecule has 1 atom stereocenters. The van der Waals surface area contributed by atoms with E-state index in [1.165, 1.54) is 32.2 Å². The first kappa shape index (κ1) is 18.5. The van der Waals surface area contributed by atoms with E-state index >= 15 is 0 Å². The second-order valence-electron chi connectivity index (χ2n) is 6.19. The Morgan fingerprint density at radius 3 is 3.04 bits per heavy atom. The fraction of sp³-hybridized carbons (Fsp3) is 0.556. The van der Waals surface area contributed by atoms with E-state index in [1.807, 2.05) is 43.0 Å². The molecule has 7 heteroatoms. The minimum absolute atomic E-state index is 0.644. The molecule has 1 aliphatic heterocycles. The lowest BCUT2D eigenvalue weighted by molar-refractivity contribution is 0.182. The molecule has 0 amide bonds. The van der Waals surface area contributed by atoms with Crippen molar-refractivity contribution in [2.24, 2.45) is 0 Å². The van der Waals surface area contributed by atoms with Crippen molar-refractivity contribution in [1.82, 2.24) is 15.1 Å². The largest absolute Gasteiger partial charge is 0.492 e. The lowest BCUT2D eigenvalue weighted by atomic mass is 10.0. The zero-order valence-electron chi connectivity index (χ0n) is 14.9. The molecular formula is C18H26N4OS2. The van der Waals surface area contributed by atoms with E-state index in [1.54, 1.807) is 11.3 Å². The molecule has 5 nitrogen and oxygen atoms in total. The highest BCUT2D eigenvalue weighted by Crippen LogP contribution is 2.32. The molecule has 1 aliphatic rings. The van der Waals surface area contributed by atoms with Gasteiger partial charge in [0, 0.05) is 11.8 Å². The standard InChI is InChI=1S/C18H26N4OS2/c1-3-23-16-10-5-4-9-15(16)19-17-20-21-18(25-17)24-13-11-14-8-6-7-12-22(14)2/h4-5,9-10,14H,3,6-8,11-13H2,1-2H3,(H,19,20)/t14-/m1/s1. The Morgan fingerprint density at radius 1 is 1.32 bits per heavy atom. The second-order valence-corrected chi connectivity index (χ2v) is 8.51. The van der Waals surface area contributed by atoms with Crippen molar-refractivity contribution in [3.63, 3.8) is 0 Å². The summed E-state index contributed by atoms with van der Waals surface area (Å²) < 4.78 is 6.67. The van der Waals surface area contributed by atoms with Gasteiger partial charge in [-0.2, -0.15) is 0 Å². The molecule has 0 unspecified atom stereocenters. The molecule has 2 heterocycles. The number of anilines is 2. The highest BCUT2D eigenvalue weighted by molar-refractivity contribution is 8.01. The number of hydrogen-bond donors (Lipinski definition) is 1.